The first-order chi connectivity index (χ1) is 11.1. The van der Waals surface area contributed by atoms with Gasteiger partial charge in [0.25, 0.3) is 0 Å². The van der Waals surface area contributed by atoms with E-state index in [1.807, 2.05) is 0 Å². The van der Waals surface area contributed by atoms with Crippen molar-refractivity contribution in [2.24, 2.45) is 0 Å². The fourth-order valence-electron chi connectivity index (χ4n) is 1.74. The van der Waals surface area contributed by atoms with Crippen molar-refractivity contribution in [1.29, 1.82) is 0 Å². The van der Waals surface area contributed by atoms with Crippen LogP contribution in [-0.2, 0) is 9.47 Å². The quantitative estimate of drug-likeness (QED) is 0.669. The normalized spacial score (nSPS) is 9.96. The molecule has 0 radical (unpaired) electrons. The Morgan fingerprint density at radius 2 is 1.22 bits per heavy atom. The molecule has 2 aromatic rings. The number of hydrogen-bond acceptors (Lipinski definition) is 6. The minimum Gasteiger partial charge on any atom is -0.460 e. The largest absolute Gasteiger partial charge is 0.460 e. The van der Waals surface area contributed by atoms with E-state index < -0.39 is 17.9 Å². The molecule has 0 amide bonds. The molecule has 0 atom stereocenters. The molecule has 118 valence electrons. The first-order valence-electron chi connectivity index (χ1n) is 6.81. The van der Waals surface area contributed by atoms with Crippen molar-refractivity contribution in [2.75, 3.05) is 13.2 Å². The second kappa shape index (κ2) is 7.86. The molecule has 6 heteroatoms. The van der Waals surface area contributed by atoms with Crippen LogP contribution in [0.25, 0.3) is 0 Å². The van der Waals surface area contributed by atoms with Crippen molar-refractivity contribution in [3.63, 3.8) is 0 Å². The van der Waals surface area contributed by atoms with Gasteiger partial charge < -0.3 is 14.6 Å². The Labute approximate surface area is 132 Å². The van der Waals surface area contributed by atoms with Crippen LogP contribution in [0.5, 0.6) is 0 Å². The maximum Gasteiger partial charge on any atom is 0.346 e. The van der Waals surface area contributed by atoms with E-state index >= 15 is 0 Å². The lowest BCUT2D eigenvalue weighted by atomic mass is 10.1. The number of rotatable bonds is 5. The van der Waals surface area contributed by atoms with Crippen molar-refractivity contribution >= 4 is 17.9 Å². The van der Waals surface area contributed by atoms with E-state index in [2.05, 4.69) is 0 Å². The Hall–Kier alpha value is -2.99. The molecule has 2 rings (SSSR count). The summed E-state index contributed by atoms with van der Waals surface area (Å²) >= 11 is 0. The summed E-state index contributed by atoms with van der Waals surface area (Å²) in [4.78, 5) is 35.2. The molecule has 0 heterocycles. The molecule has 0 bridgehead atoms. The first kappa shape index (κ1) is 16.4. The Kier molecular flexibility index (Phi) is 5.60. The number of esters is 3. The van der Waals surface area contributed by atoms with Gasteiger partial charge >= 0.3 is 17.9 Å². The molecule has 1 N–H and O–H groups in total. The van der Waals surface area contributed by atoms with Crippen LogP contribution in [0, 0.1) is 0 Å². The third kappa shape index (κ3) is 4.49. The number of carbonyl (C=O) groups excluding carboxylic acids is 3. The van der Waals surface area contributed by atoms with E-state index in [0.717, 1.165) is 0 Å². The number of ether oxygens (including phenoxy) is 2. The topological polar surface area (TPSA) is 89.9 Å². The number of aliphatic hydroxyl groups is 1. The van der Waals surface area contributed by atoms with Crippen LogP contribution in [0.1, 0.15) is 31.1 Å². The molecule has 6 nitrogen and oxygen atoms in total. The second-order valence-corrected chi connectivity index (χ2v) is 4.48. The highest BCUT2D eigenvalue weighted by Crippen LogP contribution is 2.09. The molecule has 23 heavy (non-hydrogen) atoms. The molecule has 0 aliphatic heterocycles. The summed E-state index contributed by atoms with van der Waals surface area (Å²) in [6.45, 7) is -0.369. The van der Waals surface area contributed by atoms with Crippen molar-refractivity contribution in [2.45, 2.75) is 0 Å². The molecular formula is C17H14O6. The average molecular weight is 314 g/mol. The minimum atomic E-state index is -0.811. The van der Waals surface area contributed by atoms with Crippen molar-refractivity contribution in [3.05, 3.63) is 71.3 Å². The smallest absolute Gasteiger partial charge is 0.346 e. The van der Waals surface area contributed by atoms with Crippen LogP contribution >= 0.6 is 0 Å². The van der Waals surface area contributed by atoms with Gasteiger partial charge in [-0.15, -0.1) is 0 Å². The van der Waals surface area contributed by atoms with Crippen molar-refractivity contribution in [1.82, 2.24) is 0 Å². The van der Waals surface area contributed by atoms with E-state index in [1.54, 1.807) is 18.2 Å². The summed E-state index contributed by atoms with van der Waals surface area (Å²) in [6.07, 6.45) is 0. The van der Waals surface area contributed by atoms with Gasteiger partial charge in [-0.1, -0.05) is 18.2 Å². The standard InChI is InChI=1S/C17H14O6/c18-10-11-22-15(19)13-6-8-14(9-7-13)17(21)23-16(20)12-4-2-1-3-5-12/h1-9,18H,10-11H2. The van der Waals surface area contributed by atoms with Crippen LogP contribution in [0.4, 0.5) is 0 Å². The molecule has 0 fully saturated rings. The van der Waals surface area contributed by atoms with E-state index in [9.17, 15) is 14.4 Å². The predicted octanol–water partition coefficient (Wildman–Crippen LogP) is 1.83. The number of aliphatic hydroxyl groups excluding tert-OH is 1. The van der Waals surface area contributed by atoms with E-state index in [-0.39, 0.29) is 29.9 Å². The molecule has 0 aliphatic carbocycles. The van der Waals surface area contributed by atoms with E-state index in [1.165, 1.54) is 36.4 Å². The molecule has 0 aliphatic rings. The van der Waals surface area contributed by atoms with Gasteiger partial charge in [-0.2, -0.15) is 0 Å². The highest BCUT2D eigenvalue weighted by atomic mass is 16.6. The van der Waals surface area contributed by atoms with Gasteiger partial charge in [-0.05, 0) is 36.4 Å². The van der Waals surface area contributed by atoms with Crippen LogP contribution in [0.3, 0.4) is 0 Å². The zero-order valence-electron chi connectivity index (χ0n) is 12.1. The van der Waals surface area contributed by atoms with Crippen molar-refractivity contribution < 1.29 is 29.0 Å². The zero-order chi connectivity index (χ0) is 16.7. The summed E-state index contributed by atoms with van der Waals surface area (Å²) in [7, 11) is 0. The number of benzene rings is 2. The highest BCUT2D eigenvalue weighted by molar-refractivity contribution is 6.03. The molecule has 0 aromatic heterocycles. The lowest BCUT2D eigenvalue weighted by Crippen LogP contribution is -2.13. The Morgan fingerprint density at radius 3 is 1.74 bits per heavy atom. The average Bonchev–Trinajstić information content (AvgIpc) is 2.60. The SMILES string of the molecule is O=C(OCCO)c1ccc(C(=O)OC(=O)c2ccccc2)cc1. The summed E-state index contributed by atoms with van der Waals surface area (Å²) in [6, 6.07) is 13.6. The third-order valence-electron chi connectivity index (χ3n) is 2.88. The maximum atomic E-state index is 11.9. The highest BCUT2D eigenvalue weighted by Gasteiger charge is 2.15. The fourth-order valence-corrected chi connectivity index (χ4v) is 1.74. The van der Waals surface area contributed by atoms with Crippen LogP contribution in [-0.4, -0.2) is 36.2 Å². The summed E-state index contributed by atoms with van der Waals surface area (Å²) < 4.78 is 9.50. The molecular weight excluding hydrogens is 300 g/mol. The second-order valence-electron chi connectivity index (χ2n) is 4.48. The minimum absolute atomic E-state index is 0.103. The van der Waals surface area contributed by atoms with Gasteiger partial charge in [0, 0.05) is 0 Å². The maximum absolute atomic E-state index is 11.9. The van der Waals surface area contributed by atoms with Gasteiger partial charge in [0.1, 0.15) is 6.61 Å². The van der Waals surface area contributed by atoms with Gasteiger partial charge in [-0.3, -0.25) is 0 Å². The molecule has 0 unspecified atom stereocenters. The van der Waals surface area contributed by atoms with Gasteiger partial charge in [0.2, 0.25) is 0 Å². The van der Waals surface area contributed by atoms with Gasteiger partial charge in [-0.25, -0.2) is 14.4 Å². The first-order valence-corrected chi connectivity index (χ1v) is 6.81. The Bertz CT molecular complexity index is 691. The molecule has 2 aromatic carbocycles. The number of carbonyl (C=O) groups is 3. The number of hydrogen-bond donors (Lipinski definition) is 1. The fraction of sp³-hybridized carbons (Fsp3) is 0.118. The zero-order valence-corrected chi connectivity index (χ0v) is 12.1. The third-order valence-corrected chi connectivity index (χ3v) is 2.88. The lowest BCUT2D eigenvalue weighted by Gasteiger charge is -2.05. The lowest BCUT2D eigenvalue weighted by molar-refractivity contribution is 0.0392. The van der Waals surface area contributed by atoms with Crippen LogP contribution < -0.4 is 0 Å². The Balaban J connectivity index is 2.00. The summed E-state index contributed by atoms with van der Waals surface area (Å²) in [5.41, 5.74) is 0.627. The van der Waals surface area contributed by atoms with Gasteiger partial charge in [0.05, 0.1) is 23.3 Å². The Morgan fingerprint density at radius 1 is 0.739 bits per heavy atom. The molecule has 0 saturated heterocycles. The van der Waals surface area contributed by atoms with E-state index in [0.29, 0.717) is 0 Å². The summed E-state index contributed by atoms with van der Waals surface area (Å²) in [5, 5.41) is 8.59. The van der Waals surface area contributed by atoms with Gasteiger partial charge in [0.15, 0.2) is 0 Å². The molecule has 0 spiro atoms. The van der Waals surface area contributed by atoms with E-state index in [4.69, 9.17) is 14.6 Å². The van der Waals surface area contributed by atoms with Crippen LogP contribution in [0.2, 0.25) is 0 Å². The monoisotopic (exact) mass is 314 g/mol. The van der Waals surface area contributed by atoms with Crippen molar-refractivity contribution in [3.8, 4) is 0 Å². The summed E-state index contributed by atoms with van der Waals surface area (Å²) in [5.74, 6) is -2.17. The molecule has 0 saturated carbocycles. The van der Waals surface area contributed by atoms with Crippen LogP contribution in [0.15, 0.2) is 54.6 Å². The predicted molar refractivity (Wildman–Crippen MR) is 80.0 cm³/mol.